The SMILES string of the molecule is C=CCC1CCC(C)=C(Sc2ccccc2)O1. The third-order valence-corrected chi connectivity index (χ3v) is 3.98. The first kappa shape index (κ1) is 12.3. The molecule has 0 saturated carbocycles. The van der Waals surface area contributed by atoms with Crippen LogP contribution in [0.4, 0.5) is 0 Å². The fourth-order valence-electron chi connectivity index (χ4n) is 1.85. The average molecular weight is 246 g/mol. The molecule has 2 heteroatoms. The first-order valence-electron chi connectivity index (χ1n) is 6.00. The van der Waals surface area contributed by atoms with Crippen LogP contribution in [0.15, 0.2) is 58.5 Å². The Morgan fingerprint density at radius 2 is 2.18 bits per heavy atom. The van der Waals surface area contributed by atoms with Crippen molar-refractivity contribution in [3.8, 4) is 0 Å². The molecule has 1 nitrogen and oxygen atoms in total. The van der Waals surface area contributed by atoms with Gasteiger partial charge >= 0.3 is 0 Å². The molecule has 0 bridgehead atoms. The van der Waals surface area contributed by atoms with Gasteiger partial charge in [-0.1, -0.05) is 36.0 Å². The van der Waals surface area contributed by atoms with Crippen LogP contribution in [-0.4, -0.2) is 6.10 Å². The Hall–Kier alpha value is -1.15. The van der Waals surface area contributed by atoms with Gasteiger partial charge in [0.1, 0.15) is 6.10 Å². The zero-order valence-corrected chi connectivity index (χ0v) is 11.0. The van der Waals surface area contributed by atoms with Crippen molar-refractivity contribution in [2.24, 2.45) is 0 Å². The van der Waals surface area contributed by atoms with E-state index in [4.69, 9.17) is 4.74 Å². The molecule has 1 heterocycles. The van der Waals surface area contributed by atoms with E-state index in [1.54, 1.807) is 11.8 Å². The van der Waals surface area contributed by atoms with Crippen LogP contribution in [0.2, 0.25) is 0 Å². The molecular formula is C15H18OS. The van der Waals surface area contributed by atoms with E-state index < -0.39 is 0 Å². The lowest BCUT2D eigenvalue weighted by Gasteiger charge is -2.26. The van der Waals surface area contributed by atoms with Crippen molar-refractivity contribution in [1.82, 2.24) is 0 Å². The fourth-order valence-corrected chi connectivity index (χ4v) is 2.82. The largest absolute Gasteiger partial charge is 0.484 e. The quantitative estimate of drug-likeness (QED) is 0.708. The van der Waals surface area contributed by atoms with Crippen molar-refractivity contribution in [3.05, 3.63) is 53.7 Å². The topological polar surface area (TPSA) is 9.23 Å². The summed E-state index contributed by atoms with van der Waals surface area (Å²) in [5, 5.41) is 1.08. The predicted molar refractivity (Wildman–Crippen MR) is 73.9 cm³/mol. The van der Waals surface area contributed by atoms with E-state index >= 15 is 0 Å². The number of benzene rings is 1. The van der Waals surface area contributed by atoms with E-state index in [2.05, 4.69) is 37.8 Å². The molecule has 0 saturated heterocycles. The molecule has 1 atom stereocenters. The van der Waals surface area contributed by atoms with E-state index in [1.165, 1.54) is 10.5 Å². The van der Waals surface area contributed by atoms with Gasteiger partial charge in [-0.25, -0.2) is 0 Å². The fraction of sp³-hybridized carbons (Fsp3) is 0.333. The van der Waals surface area contributed by atoms with E-state index in [0.29, 0.717) is 6.10 Å². The third kappa shape index (κ3) is 3.40. The van der Waals surface area contributed by atoms with Crippen LogP contribution in [0.5, 0.6) is 0 Å². The molecule has 0 fully saturated rings. The summed E-state index contributed by atoms with van der Waals surface area (Å²) in [6.07, 6.45) is 5.43. The Kier molecular flexibility index (Phi) is 4.32. The molecule has 0 amide bonds. The van der Waals surface area contributed by atoms with Crippen LogP contribution >= 0.6 is 11.8 Å². The number of thioether (sulfide) groups is 1. The van der Waals surface area contributed by atoms with Gasteiger partial charge in [0, 0.05) is 11.3 Å². The van der Waals surface area contributed by atoms with Gasteiger partial charge in [0.2, 0.25) is 0 Å². The number of hydrogen-bond acceptors (Lipinski definition) is 2. The van der Waals surface area contributed by atoms with Crippen molar-refractivity contribution < 1.29 is 4.74 Å². The van der Waals surface area contributed by atoms with Gasteiger partial charge in [0.05, 0.1) is 0 Å². The lowest BCUT2D eigenvalue weighted by atomic mass is 10.0. The lowest BCUT2D eigenvalue weighted by Crippen LogP contribution is -2.16. The van der Waals surface area contributed by atoms with Crippen molar-refractivity contribution >= 4 is 11.8 Å². The van der Waals surface area contributed by atoms with Gasteiger partial charge in [0.25, 0.3) is 0 Å². The van der Waals surface area contributed by atoms with E-state index in [9.17, 15) is 0 Å². The van der Waals surface area contributed by atoms with Crippen LogP contribution < -0.4 is 0 Å². The van der Waals surface area contributed by atoms with Crippen molar-refractivity contribution in [2.75, 3.05) is 0 Å². The molecular weight excluding hydrogens is 228 g/mol. The molecule has 17 heavy (non-hydrogen) atoms. The second-order valence-corrected chi connectivity index (χ2v) is 5.33. The Morgan fingerprint density at radius 1 is 1.41 bits per heavy atom. The average Bonchev–Trinajstić information content (AvgIpc) is 2.35. The van der Waals surface area contributed by atoms with Crippen molar-refractivity contribution in [1.29, 1.82) is 0 Å². The number of rotatable bonds is 4. The van der Waals surface area contributed by atoms with Crippen molar-refractivity contribution in [3.63, 3.8) is 0 Å². The van der Waals surface area contributed by atoms with Crippen LogP contribution in [-0.2, 0) is 4.74 Å². The van der Waals surface area contributed by atoms with E-state index in [-0.39, 0.29) is 0 Å². The molecule has 90 valence electrons. The maximum Gasteiger partial charge on any atom is 0.157 e. The molecule has 1 unspecified atom stereocenters. The lowest BCUT2D eigenvalue weighted by molar-refractivity contribution is 0.113. The second kappa shape index (κ2) is 5.97. The summed E-state index contributed by atoms with van der Waals surface area (Å²) in [7, 11) is 0. The minimum Gasteiger partial charge on any atom is -0.484 e. The highest BCUT2D eigenvalue weighted by Crippen LogP contribution is 2.36. The molecule has 1 aliphatic heterocycles. The normalized spacial score (nSPS) is 19.9. The van der Waals surface area contributed by atoms with Crippen LogP contribution in [0.25, 0.3) is 0 Å². The van der Waals surface area contributed by atoms with Gasteiger partial charge in [-0.3, -0.25) is 0 Å². The summed E-state index contributed by atoms with van der Waals surface area (Å²) in [5.41, 5.74) is 1.36. The molecule has 1 aromatic carbocycles. The highest BCUT2D eigenvalue weighted by molar-refractivity contribution is 8.03. The monoisotopic (exact) mass is 246 g/mol. The highest BCUT2D eigenvalue weighted by atomic mass is 32.2. The molecule has 1 aromatic rings. The predicted octanol–water partition coefficient (Wildman–Crippen LogP) is 4.77. The maximum absolute atomic E-state index is 6.01. The zero-order valence-electron chi connectivity index (χ0n) is 10.2. The van der Waals surface area contributed by atoms with Gasteiger partial charge in [0.15, 0.2) is 5.09 Å². The summed E-state index contributed by atoms with van der Waals surface area (Å²) >= 11 is 1.73. The molecule has 0 aliphatic carbocycles. The van der Waals surface area contributed by atoms with Gasteiger partial charge in [-0.15, -0.1) is 6.58 Å². The Balaban J connectivity index is 2.06. The Morgan fingerprint density at radius 3 is 2.88 bits per heavy atom. The first-order chi connectivity index (χ1) is 8.29. The van der Waals surface area contributed by atoms with E-state index in [1.807, 2.05) is 12.1 Å². The summed E-state index contributed by atoms with van der Waals surface area (Å²) < 4.78 is 6.01. The summed E-state index contributed by atoms with van der Waals surface area (Å²) in [5.74, 6) is 0. The molecule has 2 rings (SSSR count). The number of hydrogen-bond donors (Lipinski definition) is 0. The first-order valence-corrected chi connectivity index (χ1v) is 6.81. The van der Waals surface area contributed by atoms with Crippen LogP contribution in [0, 0.1) is 0 Å². The van der Waals surface area contributed by atoms with Crippen molar-refractivity contribution in [2.45, 2.75) is 37.2 Å². The zero-order chi connectivity index (χ0) is 12.1. The summed E-state index contributed by atoms with van der Waals surface area (Å²) in [6.45, 7) is 5.94. The minimum atomic E-state index is 0.308. The van der Waals surface area contributed by atoms with Gasteiger partial charge in [-0.05, 0) is 37.5 Å². The summed E-state index contributed by atoms with van der Waals surface area (Å²) in [6, 6.07) is 10.4. The minimum absolute atomic E-state index is 0.308. The second-order valence-electron chi connectivity index (χ2n) is 4.29. The smallest absolute Gasteiger partial charge is 0.157 e. The number of allylic oxidation sites excluding steroid dienone is 1. The van der Waals surface area contributed by atoms with E-state index in [0.717, 1.165) is 24.4 Å². The molecule has 1 aliphatic rings. The molecule has 0 aromatic heterocycles. The van der Waals surface area contributed by atoms with Gasteiger partial charge < -0.3 is 4.74 Å². The number of ether oxygens (including phenoxy) is 1. The summed E-state index contributed by atoms with van der Waals surface area (Å²) in [4.78, 5) is 1.24. The standard InChI is InChI=1S/C15H18OS/c1-3-7-13-11-10-12(2)15(16-13)17-14-8-5-4-6-9-14/h3-6,8-9,13H,1,7,10-11H2,2H3. The molecule has 0 spiro atoms. The third-order valence-electron chi connectivity index (χ3n) is 2.85. The highest BCUT2D eigenvalue weighted by Gasteiger charge is 2.19. The van der Waals surface area contributed by atoms with Gasteiger partial charge in [-0.2, -0.15) is 0 Å². The van der Waals surface area contributed by atoms with Crippen LogP contribution in [0.3, 0.4) is 0 Å². The molecule has 0 N–H and O–H groups in total. The Bertz CT molecular complexity index is 408. The van der Waals surface area contributed by atoms with Crippen LogP contribution in [0.1, 0.15) is 26.2 Å². The Labute approximate surface area is 108 Å². The maximum atomic E-state index is 6.01. The molecule has 0 radical (unpaired) electrons.